The monoisotopic (exact) mass is 321 g/mol. The molecule has 4 nitrogen and oxygen atoms in total. The van der Waals surface area contributed by atoms with E-state index in [4.69, 9.17) is 9.15 Å². The number of hydrogen-bond donors (Lipinski definition) is 1. The molecule has 1 heterocycles. The van der Waals surface area contributed by atoms with Crippen molar-refractivity contribution in [1.82, 2.24) is 5.32 Å². The van der Waals surface area contributed by atoms with E-state index in [1.54, 1.807) is 12.3 Å². The van der Waals surface area contributed by atoms with Gasteiger partial charge in [-0.25, -0.2) is 0 Å². The number of furan rings is 1. The predicted octanol–water partition coefficient (Wildman–Crippen LogP) is 4.20. The predicted molar refractivity (Wildman–Crippen MR) is 92.6 cm³/mol. The summed E-state index contributed by atoms with van der Waals surface area (Å²) in [5.74, 6) is 1.21. The molecule has 3 rings (SSSR count). The van der Waals surface area contributed by atoms with E-state index in [0.717, 1.165) is 11.1 Å². The number of carbonyl (C=O) groups is 1. The van der Waals surface area contributed by atoms with E-state index < -0.39 is 0 Å². The van der Waals surface area contributed by atoms with Gasteiger partial charge in [0.15, 0.2) is 6.61 Å². The number of amides is 1. The molecule has 4 heteroatoms. The lowest BCUT2D eigenvalue weighted by atomic mass is 10.1. The summed E-state index contributed by atoms with van der Waals surface area (Å²) in [4.78, 5) is 12.1. The Balaban J connectivity index is 1.64. The average molecular weight is 321 g/mol. The number of hydrogen-bond acceptors (Lipinski definition) is 3. The van der Waals surface area contributed by atoms with Gasteiger partial charge in [0.2, 0.25) is 0 Å². The minimum Gasteiger partial charge on any atom is -0.483 e. The van der Waals surface area contributed by atoms with E-state index in [2.05, 4.69) is 5.32 Å². The minimum absolute atomic E-state index is 0.0467. The van der Waals surface area contributed by atoms with Gasteiger partial charge in [-0.15, -0.1) is 0 Å². The van der Waals surface area contributed by atoms with E-state index in [0.29, 0.717) is 11.5 Å². The fraction of sp³-hybridized carbons (Fsp3) is 0.150. The number of carbonyl (C=O) groups excluding carboxylic acids is 1. The third-order valence-electron chi connectivity index (χ3n) is 3.68. The first-order valence-electron chi connectivity index (χ1n) is 7.84. The zero-order valence-electron chi connectivity index (χ0n) is 13.4. The molecule has 1 aromatic heterocycles. The van der Waals surface area contributed by atoms with Crippen LogP contribution in [0.3, 0.4) is 0 Å². The molecule has 122 valence electrons. The van der Waals surface area contributed by atoms with Crippen molar-refractivity contribution in [3.63, 3.8) is 0 Å². The van der Waals surface area contributed by atoms with E-state index >= 15 is 0 Å². The smallest absolute Gasteiger partial charge is 0.258 e. The van der Waals surface area contributed by atoms with Crippen LogP contribution in [0.15, 0.2) is 77.4 Å². The summed E-state index contributed by atoms with van der Waals surface area (Å²) >= 11 is 0. The van der Waals surface area contributed by atoms with Crippen LogP contribution >= 0.6 is 0 Å². The van der Waals surface area contributed by atoms with Gasteiger partial charge >= 0.3 is 0 Å². The SMILES string of the molecule is C[C@@H](NC(=O)COc1ccccc1-c1ccccc1)c1ccco1. The summed E-state index contributed by atoms with van der Waals surface area (Å²) in [5, 5.41) is 2.85. The molecule has 0 bridgehead atoms. The van der Waals surface area contributed by atoms with Crippen LogP contribution in [0.1, 0.15) is 18.7 Å². The summed E-state index contributed by atoms with van der Waals surface area (Å²) in [5.41, 5.74) is 2.02. The summed E-state index contributed by atoms with van der Waals surface area (Å²) in [6.07, 6.45) is 1.59. The highest BCUT2D eigenvalue weighted by atomic mass is 16.5. The van der Waals surface area contributed by atoms with Crippen molar-refractivity contribution >= 4 is 5.91 Å². The van der Waals surface area contributed by atoms with Crippen molar-refractivity contribution in [1.29, 1.82) is 0 Å². The van der Waals surface area contributed by atoms with Gasteiger partial charge in [0.05, 0.1) is 12.3 Å². The lowest BCUT2D eigenvalue weighted by Crippen LogP contribution is -2.31. The third kappa shape index (κ3) is 3.84. The number of benzene rings is 2. The van der Waals surface area contributed by atoms with Gasteiger partial charge in [-0.1, -0.05) is 48.5 Å². The molecule has 24 heavy (non-hydrogen) atoms. The molecule has 0 saturated carbocycles. The Labute approximate surface area is 141 Å². The topological polar surface area (TPSA) is 51.5 Å². The number of rotatable bonds is 6. The Morgan fingerprint density at radius 1 is 1.04 bits per heavy atom. The van der Waals surface area contributed by atoms with Crippen LogP contribution in [-0.4, -0.2) is 12.5 Å². The Morgan fingerprint density at radius 3 is 2.54 bits per heavy atom. The van der Waals surface area contributed by atoms with Gasteiger partial charge in [0.1, 0.15) is 11.5 Å². The molecule has 0 unspecified atom stereocenters. The highest BCUT2D eigenvalue weighted by Gasteiger charge is 2.13. The summed E-state index contributed by atoms with van der Waals surface area (Å²) in [6.45, 7) is 1.82. The molecule has 0 aliphatic rings. The molecule has 0 spiro atoms. The lowest BCUT2D eigenvalue weighted by Gasteiger charge is -2.14. The van der Waals surface area contributed by atoms with Crippen LogP contribution in [0.2, 0.25) is 0 Å². The van der Waals surface area contributed by atoms with Gasteiger partial charge < -0.3 is 14.5 Å². The number of nitrogens with one attached hydrogen (secondary N) is 1. The quantitative estimate of drug-likeness (QED) is 0.740. The first kappa shape index (κ1) is 15.9. The van der Waals surface area contributed by atoms with Gasteiger partial charge in [0, 0.05) is 5.56 Å². The van der Waals surface area contributed by atoms with Crippen LogP contribution in [0.25, 0.3) is 11.1 Å². The Morgan fingerprint density at radius 2 is 1.79 bits per heavy atom. The van der Waals surface area contributed by atoms with Crippen molar-refractivity contribution in [3.05, 3.63) is 78.8 Å². The maximum Gasteiger partial charge on any atom is 0.258 e. The fourth-order valence-electron chi connectivity index (χ4n) is 2.48. The second kappa shape index (κ2) is 7.51. The highest BCUT2D eigenvalue weighted by Crippen LogP contribution is 2.29. The van der Waals surface area contributed by atoms with Crippen molar-refractivity contribution in [2.75, 3.05) is 6.61 Å². The normalized spacial score (nSPS) is 11.7. The Bertz CT molecular complexity index is 782. The first-order valence-corrected chi connectivity index (χ1v) is 7.84. The first-order chi connectivity index (χ1) is 11.7. The zero-order chi connectivity index (χ0) is 16.8. The highest BCUT2D eigenvalue weighted by molar-refractivity contribution is 5.78. The molecular weight excluding hydrogens is 302 g/mol. The Kier molecular flexibility index (Phi) is 4.96. The molecule has 2 aromatic carbocycles. The molecule has 0 radical (unpaired) electrons. The van der Waals surface area contributed by atoms with Gasteiger partial charge in [-0.3, -0.25) is 4.79 Å². The second-order valence-electron chi connectivity index (χ2n) is 5.46. The van der Waals surface area contributed by atoms with Crippen molar-refractivity contribution in [2.45, 2.75) is 13.0 Å². The summed E-state index contributed by atoms with van der Waals surface area (Å²) < 4.78 is 11.0. The minimum atomic E-state index is -0.194. The van der Waals surface area contributed by atoms with Gasteiger partial charge in [0.25, 0.3) is 5.91 Å². The largest absolute Gasteiger partial charge is 0.483 e. The maximum atomic E-state index is 12.1. The summed E-state index contributed by atoms with van der Waals surface area (Å²) in [6, 6.07) is 21.1. The van der Waals surface area contributed by atoms with E-state index in [1.807, 2.05) is 67.6 Å². The number of para-hydroxylation sites is 1. The van der Waals surface area contributed by atoms with E-state index in [-0.39, 0.29) is 18.6 Å². The van der Waals surface area contributed by atoms with Crippen molar-refractivity contribution in [3.8, 4) is 16.9 Å². The van der Waals surface area contributed by atoms with Crippen LogP contribution in [0, 0.1) is 0 Å². The molecular formula is C20H19NO3. The van der Waals surface area contributed by atoms with Gasteiger partial charge in [-0.2, -0.15) is 0 Å². The summed E-state index contributed by atoms with van der Waals surface area (Å²) in [7, 11) is 0. The second-order valence-corrected chi connectivity index (χ2v) is 5.46. The molecule has 1 atom stereocenters. The van der Waals surface area contributed by atoms with Crippen LogP contribution in [0.5, 0.6) is 5.75 Å². The zero-order valence-corrected chi connectivity index (χ0v) is 13.4. The van der Waals surface area contributed by atoms with Crippen LogP contribution in [0.4, 0.5) is 0 Å². The van der Waals surface area contributed by atoms with Gasteiger partial charge in [-0.05, 0) is 30.7 Å². The molecule has 0 aliphatic heterocycles. The average Bonchev–Trinajstić information content (AvgIpc) is 3.16. The number of ether oxygens (including phenoxy) is 1. The fourth-order valence-corrected chi connectivity index (χ4v) is 2.48. The molecule has 0 aliphatic carbocycles. The molecule has 0 fully saturated rings. The van der Waals surface area contributed by atoms with E-state index in [9.17, 15) is 4.79 Å². The van der Waals surface area contributed by atoms with Crippen molar-refractivity contribution < 1.29 is 13.9 Å². The van der Waals surface area contributed by atoms with E-state index in [1.165, 1.54) is 0 Å². The van der Waals surface area contributed by atoms with Crippen LogP contribution in [-0.2, 0) is 4.79 Å². The standard InChI is InChI=1S/C20H19NO3/c1-15(18-12-7-13-23-18)21-20(22)14-24-19-11-6-5-10-17(19)16-8-3-2-4-9-16/h2-13,15H,14H2,1H3,(H,21,22)/t15-/m1/s1. The molecule has 0 saturated heterocycles. The lowest BCUT2D eigenvalue weighted by molar-refractivity contribution is -0.123. The third-order valence-corrected chi connectivity index (χ3v) is 3.68. The maximum absolute atomic E-state index is 12.1. The Hall–Kier alpha value is -3.01. The van der Waals surface area contributed by atoms with Crippen LogP contribution < -0.4 is 10.1 Å². The van der Waals surface area contributed by atoms with Crippen molar-refractivity contribution in [2.24, 2.45) is 0 Å². The molecule has 1 N–H and O–H groups in total. The molecule has 1 amide bonds. The molecule has 3 aromatic rings.